The molecule has 1 fully saturated rings. The van der Waals surface area contributed by atoms with Gasteiger partial charge in [0.2, 0.25) is 0 Å². The molecule has 2 N–H and O–H groups in total. The Morgan fingerprint density at radius 2 is 1.80 bits per heavy atom. The standard InChI is InChI=1S/C11H22NO3/c1-11(14,15)8-10(13)9-12(2)6-4-3-5-7-12/h14-15H,3-9H2,1-2H3/q+1. The molecule has 0 aromatic rings. The van der Waals surface area contributed by atoms with Crippen molar-refractivity contribution in [1.29, 1.82) is 0 Å². The number of carbonyl (C=O) groups excluding carboxylic acids is 1. The summed E-state index contributed by atoms with van der Waals surface area (Å²) in [5, 5.41) is 18.3. The third-order valence-corrected chi connectivity index (χ3v) is 2.99. The van der Waals surface area contributed by atoms with Crippen LogP contribution >= 0.6 is 0 Å². The molecule has 0 radical (unpaired) electrons. The molecule has 1 rings (SSSR count). The normalized spacial score (nSPS) is 21.3. The molecule has 1 saturated heterocycles. The number of nitrogens with zero attached hydrogens (tertiary/aromatic N) is 1. The Balaban J connectivity index is 2.42. The summed E-state index contributed by atoms with van der Waals surface area (Å²) in [6.45, 7) is 3.73. The van der Waals surface area contributed by atoms with E-state index in [2.05, 4.69) is 7.05 Å². The van der Waals surface area contributed by atoms with Crippen LogP contribution in [0.3, 0.4) is 0 Å². The number of quaternary nitrogens is 1. The first-order chi connectivity index (χ1) is 6.81. The highest BCUT2D eigenvalue weighted by Gasteiger charge is 2.30. The van der Waals surface area contributed by atoms with Gasteiger partial charge in [-0.05, 0) is 26.2 Å². The van der Waals surface area contributed by atoms with Gasteiger partial charge in [0.25, 0.3) is 0 Å². The third-order valence-electron chi connectivity index (χ3n) is 2.99. The Labute approximate surface area is 91.1 Å². The van der Waals surface area contributed by atoms with Gasteiger partial charge >= 0.3 is 0 Å². The number of Topliss-reactive ketones (excluding diaryl/α,β-unsaturated/α-hetero) is 1. The quantitative estimate of drug-likeness (QED) is 0.524. The fourth-order valence-corrected chi connectivity index (χ4v) is 2.29. The smallest absolute Gasteiger partial charge is 0.192 e. The first-order valence-electron chi connectivity index (χ1n) is 5.61. The van der Waals surface area contributed by atoms with Gasteiger partial charge in [0.1, 0.15) is 6.54 Å². The molecule has 0 aromatic carbocycles. The van der Waals surface area contributed by atoms with Gasteiger partial charge in [0, 0.05) is 0 Å². The van der Waals surface area contributed by atoms with Crippen molar-refractivity contribution < 1.29 is 19.5 Å². The Bertz CT molecular complexity index is 226. The van der Waals surface area contributed by atoms with Gasteiger partial charge in [-0.15, -0.1) is 0 Å². The monoisotopic (exact) mass is 216 g/mol. The van der Waals surface area contributed by atoms with E-state index in [1.807, 2.05) is 0 Å². The zero-order chi connectivity index (χ0) is 11.5. The maximum absolute atomic E-state index is 11.6. The number of hydrogen-bond acceptors (Lipinski definition) is 3. The molecule has 0 bridgehead atoms. The molecule has 0 atom stereocenters. The van der Waals surface area contributed by atoms with Gasteiger partial charge in [-0.3, -0.25) is 4.79 Å². The van der Waals surface area contributed by atoms with Gasteiger partial charge < -0.3 is 14.7 Å². The van der Waals surface area contributed by atoms with Gasteiger partial charge in [0.15, 0.2) is 11.6 Å². The highest BCUT2D eigenvalue weighted by molar-refractivity contribution is 5.80. The molecule has 1 heterocycles. The van der Waals surface area contributed by atoms with Gasteiger partial charge in [-0.2, -0.15) is 0 Å². The van der Waals surface area contributed by atoms with Gasteiger partial charge in [-0.25, -0.2) is 0 Å². The first kappa shape index (κ1) is 12.6. The zero-order valence-corrected chi connectivity index (χ0v) is 9.70. The molecule has 0 spiro atoms. The average Bonchev–Trinajstić information content (AvgIpc) is 1.99. The van der Waals surface area contributed by atoms with Crippen molar-refractivity contribution in [1.82, 2.24) is 0 Å². The van der Waals surface area contributed by atoms with Gasteiger partial charge in [0.05, 0.1) is 26.6 Å². The molecule has 88 valence electrons. The van der Waals surface area contributed by atoms with Crippen LogP contribution in [0.4, 0.5) is 0 Å². The van der Waals surface area contributed by atoms with Crippen molar-refractivity contribution in [2.24, 2.45) is 0 Å². The fourth-order valence-electron chi connectivity index (χ4n) is 2.29. The van der Waals surface area contributed by atoms with Crippen molar-refractivity contribution in [3.8, 4) is 0 Å². The Morgan fingerprint density at radius 1 is 1.27 bits per heavy atom. The number of likely N-dealkylation sites (N-methyl/N-ethyl adjacent to an activating group) is 1. The van der Waals surface area contributed by atoms with Crippen molar-refractivity contribution in [2.45, 2.75) is 38.4 Å². The second kappa shape index (κ2) is 4.60. The van der Waals surface area contributed by atoms with Gasteiger partial charge in [-0.1, -0.05) is 0 Å². The Kier molecular flexibility index (Phi) is 3.87. The van der Waals surface area contributed by atoms with E-state index in [1.54, 1.807) is 0 Å². The molecule has 0 aromatic heterocycles. The highest BCUT2D eigenvalue weighted by Crippen LogP contribution is 2.17. The average molecular weight is 216 g/mol. The second-order valence-electron chi connectivity index (χ2n) is 5.22. The molecule has 0 amide bonds. The largest absolute Gasteiger partial charge is 0.365 e. The fraction of sp³-hybridized carbons (Fsp3) is 0.909. The Hall–Kier alpha value is -0.450. The predicted octanol–water partition coefficient (Wildman–Crippen LogP) is 0.277. The lowest BCUT2D eigenvalue weighted by Gasteiger charge is -2.37. The molecule has 15 heavy (non-hydrogen) atoms. The van der Waals surface area contributed by atoms with Crippen LogP contribution in [0.5, 0.6) is 0 Å². The number of ketones is 1. The first-order valence-corrected chi connectivity index (χ1v) is 5.61. The number of hydrogen-bond donors (Lipinski definition) is 2. The van der Waals surface area contributed by atoms with E-state index in [0.29, 0.717) is 6.54 Å². The maximum Gasteiger partial charge on any atom is 0.192 e. The van der Waals surface area contributed by atoms with Crippen LogP contribution in [0.25, 0.3) is 0 Å². The molecule has 4 nitrogen and oxygen atoms in total. The molecular weight excluding hydrogens is 194 g/mol. The molecule has 0 unspecified atom stereocenters. The predicted molar refractivity (Wildman–Crippen MR) is 57.1 cm³/mol. The molecule has 1 aliphatic rings. The summed E-state index contributed by atoms with van der Waals surface area (Å²) < 4.78 is 0.759. The van der Waals surface area contributed by atoms with Crippen LogP contribution < -0.4 is 0 Å². The lowest BCUT2D eigenvalue weighted by molar-refractivity contribution is -0.906. The second-order valence-corrected chi connectivity index (χ2v) is 5.22. The van der Waals surface area contributed by atoms with Crippen molar-refractivity contribution in [2.75, 3.05) is 26.7 Å². The minimum atomic E-state index is -1.86. The van der Waals surface area contributed by atoms with Crippen LogP contribution in [-0.4, -0.2) is 52.9 Å². The van der Waals surface area contributed by atoms with Crippen LogP contribution in [0.15, 0.2) is 0 Å². The highest BCUT2D eigenvalue weighted by atomic mass is 16.5. The summed E-state index contributed by atoms with van der Waals surface area (Å²) >= 11 is 0. The summed E-state index contributed by atoms with van der Waals surface area (Å²) in [7, 11) is 2.07. The number of likely N-dealkylation sites (tertiary alicyclic amines) is 1. The summed E-state index contributed by atoms with van der Waals surface area (Å²) in [5.74, 6) is -1.92. The van der Waals surface area contributed by atoms with Crippen LogP contribution in [0, 0.1) is 0 Å². The number of piperidine rings is 1. The number of carbonyl (C=O) groups is 1. The van der Waals surface area contributed by atoms with Crippen LogP contribution in [0.2, 0.25) is 0 Å². The molecular formula is C11H22NO3+. The van der Waals surface area contributed by atoms with Crippen molar-refractivity contribution >= 4 is 5.78 Å². The topological polar surface area (TPSA) is 57.5 Å². The van der Waals surface area contributed by atoms with E-state index in [1.165, 1.54) is 26.2 Å². The molecule has 4 heteroatoms. The van der Waals surface area contributed by atoms with Crippen LogP contribution in [0.1, 0.15) is 32.6 Å². The zero-order valence-electron chi connectivity index (χ0n) is 9.70. The van der Waals surface area contributed by atoms with Crippen molar-refractivity contribution in [3.63, 3.8) is 0 Å². The third kappa shape index (κ3) is 4.73. The van der Waals surface area contributed by atoms with Crippen LogP contribution in [-0.2, 0) is 4.79 Å². The number of rotatable bonds is 4. The summed E-state index contributed by atoms with van der Waals surface area (Å²) in [6.07, 6.45) is 3.42. The minimum Gasteiger partial charge on any atom is -0.365 e. The molecule has 0 saturated carbocycles. The van der Waals surface area contributed by atoms with E-state index in [9.17, 15) is 4.79 Å². The van der Waals surface area contributed by atoms with E-state index >= 15 is 0 Å². The van der Waals surface area contributed by atoms with E-state index in [0.717, 1.165) is 17.6 Å². The van der Waals surface area contributed by atoms with E-state index in [4.69, 9.17) is 10.2 Å². The maximum atomic E-state index is 11.6. The molecule has 0 aliphatic carbocycles. The van der Waals surface area contributed by atoms with E-state index < -0.39 is 5.79 Å². The van der Waals surface area contributed by atoms with Crippen molar-refractivity contribution in [3.05, 3.63) is 0 Å². The van der Waals surface area contributed by atoms with E-state index in [-0.39, 0.29) is 12.2 Å². The minimum absolute atomic E-state index is 0.0631. The lowest BCUT2D eigenvalue weighted by atomic mass is 10.1. The number of aliphatic hydroxyl groups is 2. The summed E-state index contributed by atoms with van der Waals surface area (Å²) in [5.41, 5.74) is 0. The molecule has 1 aliphatic heterocycles. The Morgan fingerprint density at radius 3 is 2.27 bits per heavy atom. The SMILES string of the molecule is CC(O)(O)CC(=O)C[N+]1(C)CCCCC1. The lowest BCUT2D eigenvalue weighted by Crippen LogP contribution is -2.51. The summed E-state index contributed by atoms with van der Waals surface area (Å²) in [6, 6.07) is 0. The summed E-state index contributed by atoms with van der Waals surface area (Å²) in [4.78, 5) is 11.6.